The molecule has 2 heterocycles. The zero-order valence-electron chi connectivity index (χ0n) is 15.9. The molecule has 9 heteroatoms. The van der Waals surface area contributed by atoms with Crippen LogP contribution in [0.5, 0.6) is 0 Å². The minimum absolute atomic E-state index is 0.170. The SMILES string of the molecule is CCOC(=O)N1CCN(c2cc(Nc3ccccc3C(=O)O)nc(C)n2)CC1. The molecule has 2 N–H and O–H groups in total. The van der Waals surface area contributed by atoms with Gasteiger partial charge >= 0.3 is 12.1 Å². The fraction of sp³-hybridized carbons (Fsp3) is 0.368. The number of nitrogens with one attached hydrogen (secondary N) is 1. The summed E-state index contributed by atoms with van der Waals surface area (Å²) in [6.45, 7) is 6.28. The summed E-state index contributed by atoms with van der Waals surface area (Å²) in [6, 6.07) is 8.45. The summed E-state index contributed by atoms with van der Waals surface area (Å²) >= 11 is 0. The van der Waals surface area contributed by atoms with Crippen LogP contribution in [0.3, 0.4) is 0 Å². The Kier molecular flexibility index (Phi) is 5.93. The van der Waals surface area contributed by atoms with Gasteiger partial charge in [-0.1, -0.05) is 12.1 Å². The van der Waals surface area contributed by atoms with Crippen LogP contribution in [0, 0.1) is 6.92 Å². The zero-order chi connectivity index (χ0) is 20.1. The maximum Gasteiger partial charge on any atom is 0.409 e. The minimum Gasteiger partial charge on any atom is -0.478 e. The van der Waals surface area contributed by atoms with Gasteiger partial charge in [0, 0.05) is 32.2 Å². The molecule has 9 nitrogen and oxygen atoms in total. The number of nitrogens with zero attached hydrogens (tertiary/aromatic N) is 4. The van der Waals surface area contributed by atoms with Gasteiger partial charge in [-0.3, -0.25) is 0 Å². The maximum absolute atomic E-state index is 11.8. The van der Waals surface area contributed by atoms with Gasteiger partial charge in [-0.05, 0) is 26.0 Å². The summed E-state index contributed by atoms with van der Waals surface area (Å²) in [6.07, 6.45) is -0.298. The standard InChI is InChI=1S/C19H23N5O4/c1-3-28-19(27)24-10-8-23(9-11-24)17-12-16(20-13(2)21-17)22-15-7-5-4-6-14(15)18(25)26/h4-7,12H,3,8-11H2,1-2H3,(H,25,26)(H,20,21,22). The van der Waals surface area contributed by atoms with Gasteiger partial charge < -0.3 is 25.0 Å². The smallest absolute Gasteiger partial charge is 0.409 e. The molecule has 1 aromatic heterocycles. The van der Waals surface area contributed by atoms with Crippen molar-refractivity contribution in [3.63, 3.8) is 0 Å². The van der Waals surface area contributed by atoms with E-state index in [1.165, 1.54) is 6.07 Å². The number of rotatable bonds is 5. The van der Waals surface area contributed by atoms with Gasteiger partial charge in [0.15, 0.2) is 0 Å². The first-order valence-corrected chi connectivity index (χ1v) is 9.09. The number of carboxylic acid groups (broad SMARTS) is 1. The van der Waals surface area contributed by atoms with Crippen molar-refractivity contribution in [2.24, 2.45) is 0 Å². The van der Waals surface area contributed by atoms with E-state index in [-0.39, 0.29) is 11.7 Å². The number of piperazine rings is 1. The van der Waals surface area contributed by atoms with E-state index >= 15 is 0 Å². The highest BCUT2D eigenvalue weighted by Gasteiger charge is 2.23. The highest BCUT2D eigenvalue weighted by molar-refractivity contribution is 5.95. The average Bonchev–Trinajstić information content (AvgIpc) is 2.68. The van der Waals surface area contributed by atoms with E-state index in [0.717, 1.165) is 5.82 Å². The normalized spacial score (nSPS) is 13.9. The number of aromatic carboxylic acids is 1. The maximum atomic E-state index is 11.8. The van der Waals surface area contributed by atoms with Crippen LogP contribution >= 0.6 is 0 Å². The molecule has 1 fully saturated rings. The first-order chi connectivity index (χ1) is 13.5. The van der Waals surface area contributed by atoms with Crippen molar-refractivity contribution in [2.45, 2.75) is 13.8 Å². The lowest BCUT2D eigenvalue weighted by molar-refractivity contribution is 0.0697. The first kappa shape index (κ1) is 19.4. The van der Waals surface area contributed by atoms with Crippen LogP contribution in [0.4, 0.5) is 22.1 Å². The lowest BCUT2D eigenvalue weighted by Crippen LogP contribution is -2.49. The Balaban J connectivity index is 1.74. The molecule has 0 atom stereocenters. The van der Waals surface area contributed by atoms with Gasteiger partial charge in [0.2, 0.25) is 0 Å². The summed E-state index contributed by atoms with van der Waals surface area (Å²) in [5, 5.41) is 12.4. The van der Waals surface area contributed by atoms with Crippen molar-refractivity contribution in [3.05, 3.63) is 41.7 Å². The summed E-state index contributed by atoms with van der Waals surface area (Å²) in [5.41, 5.74) is 0.634. The van der Waals surface area contributed by atoms with Crippen molar-refractivity contribution in [2.75, 3.05) is 43.0 Å². The molecule has 148 valence electrons. The Hall–Kier alpha value is -3.36. The van der Waals surface area contributed by atoms with E-state index in [1.54, 1.807) is 43.0 Å². The second kappa shape index (κ2) is 8.55. The van der Waals surface area contributed by atoms with E-state index in [2.05, 4.69) is 20.2 Å². The predicted molar refractivity (Wildman–Crippen MR) is 104 cm³/mol. The summed E-state index contributed by atoms with van der Waals surface area (Å²) < 4.78 is 5.04. The zero-order valence-corrected chi connectivity index (χ0v) is 15.9. The Bertz CT molecular complexity index is 865. The molecule has 3 rings (SSSR count). The highest BCUT2D eigenvalue weighted by atomic mass is 16.6. The van der Waals surface area contributed by atoms with Crippen LogP contribution < -0.4 is 10.2 Å². The predicted octanol–water partition coefficient (Wildman–Crippen LogP) is 2.51. The lowest BCUT2D eigenvalue weighted by Gasteiger charge is -2.34. The van der Waals surface area contributed by atoms with Crippen LogP contribution in [0.25, 0.3) is 0 Å². The van der Waals surface area contributed by atoms with Gasteiger partial charge in [-0.15, -0.1) is 0 Å². The number of hydrogen-bond donors (Lipinski definition) is 2. The number of amides is 1. The Morgan fingerprint density at radius 2 is 1.89 bits per heavy atom. The highest BCUT2D eigenvalue weighted by Crippen LogP contribution is 2.23. The number of para-hydroxylation sites is 1. The molecule has 0 saturated carbocycles. The summed E-state index contributed by atoms with van der Waals surface area (Å²) in [5.74, 6) is 0.806. The molecule has 0 spiro atoms. The molecular formula is C19H23N5O4. The topological polar surface area (TPSA) is 108 Å². The summed E-state index contributed by atoms with van der Waals surface area (Å²) in [4.78, 5) is 35.8. The first-order valence-electron chi connectivity index (χ1n) is 9.09. The molecule has 1 saturated heterocycles. The van der Waals surface area contributed by atoms with Gasteiger partial charge in [-0.25, -0.2) is 19.6 Å². The second-order valence-electron chi connectivity index (χ2n) is 6.31. The van der Waals surface area contributed by atoms with Crippen molar-refractivity contribution >= 4 is 29.4 Å². The third kappa shape index (κ3) is 4.48. The van der Waals surface area contributed by atoms with E-state index in [9.17, 15) is 14.7 Å². The number of hydrogen-bond acceptors (Lipinski definition) is 7. The Labute approximate surface area is 163 Å². The molecular weight excluding hydrogens is 362 g/mol. The van der Waals surface area contributed by atoms with Gasteiger partial charge in [0.25, 0.3) is 0 Å². The van der Waals surface area contributed by atoms with Gasteiger partial charge in [0.1, 0.15) is 17.5 Å². The van der Waals surface area contributed by atoms with Gasteiger partial charge in [0.05, 0.1) is 17.9 Å². The second-order valence-corrected chi connectivity index (χ2v) is 6.31. The molecule has 1 amide bonds. The van der Waals surface area contributed by atoms with Crippen molar-refractivity contribution in [3.8, 4) is 0 Å². The summed E-state index contributed by atoms with van der Waals surface area (Å²) in [7, 11) is 0. The molecule has 0 bridgehead atoms. The average molecular weight is 385 g/mol. The van der Waals surface area contributed by atoms with Crippen LogP contribution in [-0.2, 0) is 4.74 Å². The number of carbonyl (C=O) groups is 2. The third-order valence-electron chi connectivity index (χ3n) is 4.37. The number of carbonyl (C=O) groups excluding carboxylic acids is 1. The Morgan fingerprint density at radius 1 is 1.18 bits per heavy atom. The molecule has 0 unspecified atom stereocenters. The van der Waals surface area contributed by atoms with E-state index in [0.29, 0.717) is 50.1 Å². The van der Waals surface area contributed by atoms with Crippen LogP contribution in [-0.4, -0.2) is 64.8 Å². The van der Waals surface area contributed by atoms with Crippen molar-refractivity contribution in [1.82, 2.24) is 14.9 Å². The number of carboxylic acids is 1. The van der Waals surface area contributed by atoms with Crippen LogP contribution in [0.1, 0.15) is 23.1 Å². The van der Waals surface area contributed by atoms with Crippen LogP contribution in [0.2, 0.25) is 0 Å². The largest absolute Gasteiger partial charge is 0.478 e. The van der Waals surface area contributed by atoms with Gasteiger partial charge in [-0.2, -0.15) is 0 Å². The van der Waals surface area contributed by atoms with Crippen molar-refractivity contribution < 1.29 is 19.4 Å². The Morgan fingerprint density at radius 3 is 2.57 bits per heavy atom. The number of aromatic nitrogens is 2. The molecule has 1 aromatic carbocycles. The molecule has 0 aliphatic carbocycles. The van der Waals surface area contributed by atoms with Crippen LogP contribution in [0.15, 0.2) is 30.3 Å². The quantitative estimate of drug-likeness (QED) is 0.808. The number of aryl methyl sites for hydroxylation is 1. The van der Waals surface area contributed by atoms with E-state index < -0.39 is 5.97 Å². The fourth-order valence-corrected chi connectivity index (χ4v) is 3.03. The fourth-order valence-electron chi connectivity index (χ4n) is 3.03. The lowest BCUT2D eigenvalue weighted by atomic mass is 10.2. The molecule has 0 radical (unpaired) electrons. The minimum atomic E-state index is -1.01. The molecule has 1 aliphatic rings. The molecule has 28 heavy (non-hydrogen) atoms. The van der Waals surface area contributed by atoms with Crippen molar-refractivity contribution in [1.29, 1.82) is 0 Å². The molecule has 2 aromatic rings. The third-order valence-corrected chi connectivity index (χ3v) is 4.37. The van der Waals surface area contributed by atoms with E-state index in [1.807, 2.05) is 0 Å². The van der Waals surface area contributed by atoms with E-state index in [4.69, 9.17) is 4.74 Å². The monoisotopic (exact) mass is 385 g/mol. The number of ether oxygens (including phenoxy) is 1. The number of benzene rings is 1. The molecule has 1 aliphatic heterocycles. The number of anilines is 3.